The van der Waals surface area contributed by atoms with E-state index in [-0.39, 0.29) is 11.0 Å². The van der Waals surface area contributed by atoms with E-state index in [9.17, 15) is 8.42 Å². The Morgan fingerprint density at radius 2 is 1.72 bits per heavy atom. The highest BCUT2D eigenvalue weighted by Gasteiger charge is 2.50. The fourth-order valence-corrected chi connectivity index (χ4v) is 8.36. The van der Waals surface area contributed by atoms with Gasteiger partial charge >= 0.3 is 0 Å². The molecule has 214 valence electrons. The van der Waals surface area contributed by atoms with Crippen LogP contribution in [-0.4, -0.2) is 14.5 Å². The lowest BCUT2D eigenvalue weighted by molar-refractivity contribution is 0.112. The zero-order valence-electron chi connectivity index (χ0n) is 25.1. The second-order valence-corrected chi connectivity index (χ2v) is 14.8. The largest absolute Gasteiger partial charge is 0.297 e. The van der Waals surface area contributed by atoms with Crippen LogP contribution in [0.3, 0.4) is 0 Å². The summed E-state index contributed by atoms with van der Waals surface area (Å²) in [5.41, 5.74) is 5.21. The van der Waals surface area contributed by atoms with E-state index in [2.05, 4.69) is 65.5 Å². The minimum absolute atomic E-state index is 0.227. The highest BCUT2D eigenvalue weighted by molar-refractivity contribution is 7.86. The molecular formula is C35H50O3S. The van der Waals surface area contributed by atoms with Gasteiger partial charge in [0.2, 0.25) is 0 Å². The molecule has 0 bridgehead atoms. The first-order valence-corrected chi connectivity index (χ1v) is 16.6. The predicted octanol–water partition coefficient (Wildman–Crippen LogP) is 9.36. The number of fused-ring (bicyclic) bond motifs is 1. The van der Waals surface area contributed by atoms with Crippen molar-refractivity contribution in [1.29, 1.82) is 0 Å². The topological polar surface area (TPSA) is 43.4 Å². The average Bonchev–Trinajstić information content (AvgIpc) is 3.25. The molecule has 0 aliphatic heterocycles. The number of aryl methyl sites for hydroxylation is 1. The van der Waals surface area contributed by atoms with Crippen molar-refractivity contribution in [2.45, 2.75) is 104 Å². The molecule has 1 aromatic carbocycles. The molecule has 0 aromatic heterocycles. The second-order valence-electron chi connectivity index (χ2n) is 13.2. The average molecular weight is 551 g/mol. The zero-order chi connectivity index (χ0) is 28.4. The van der Waals surface area contributed by atoms with E-state index in [1.165, 1.54) is 32.1 Å². The summed E-state index contributed by atoms with van der Waals surface area (Å²) in [6.45, 7) is 18.2. The number of hydrogen-bond donors (Lipinski definition) is 0. The first kappa shape index (κ1) is 30.1. The molecule has 3 aliphatic carbocycles. The maximum absolute atomic E-state index is 12.9. The van der Waals surface area contributed by atoms with Crippen LogP contribution in [0, 0.1) is 41.9 Å². The molecule has 6 atom stereocenters. The van der Waals surface area contributed by atoms with Crippen molar-refractivity contribution in [2.24, 2.45) is 35.0 Å². The summed E-state index contributed by atoms with van der Waals surface area (Å²) in [7, 11) is -3.78. The highest BCUT2D eigenvalue weighted by atomic mass is 32.2. The van der Waals surface area contributed by atoms with Gasteiger partial charge in [-0.15, -0.1) is 0 Å². The minimum atomic E-state index is -3.78. The fourth-order valence-electron chi connectivity index (χ4n) is 7.25. The van der Waals surface area contributed by atoms with Crippen LogP contribution in [0.4, 0.5) is 0 Å². The van der Waals surface area contributed by atoms with Crippen molar-refractivity contribution in [2.75, 3.05) is 0 Å². The molecule has 0 N–H and O–H groups in total. The standard InChI is InChI=1S/C35H50O3S/c1-24(2)26(4)12-13-28(6)33-20-21-34-29(9-8-22-35(33,34)7)15-16-30-23-31(17-14-27(30)5)38-39(36,37)32-18-10-25(3)11-19-32/h10-13,15-16,18-19,24,26,28,31,33-34H,5,8-9,14,17,20-23H2,1-4,6-7H3/b13-12+,29-15+,30-16-/t26-,28+,31-,33+,34?,35+/m0/s1. The van der Waals surface area contributed by atoms with Crippen molar-refractivity contribution in [3.8, 4) is 0 Å². The van der Waals surface area contributed by atoms with Crippen LogP contribution in [-0.2, 0) is 14.3 Å². The Balaban J connectivity index is 1.46. The van der Waals surface area contributed by atoms with Gasteiger partial charge in [-0.05, 0) is 105 Å². The Kier molecular flexibility index (Phi) is 9.49. The summed E-state index contributed by atoms with van der Waals surface area (Å²) in [6.07, 6.45) is 17.5. The molecule has 0 heterocycles. The van der Waals surface area contributed by atoms with Gasteiger partial charge in [0.1, 0.15) is 0 Å². The maximum atomic E-state index is 12.9. The Hall–Kier alpha value is -1.91. The SMILES string of the molecule is C=C1CC[C@H](OS(=O)(=O)c2ccc(C)cc2)C/C1=C/C=C1\CCC[C@@]2(C)C1CC[C@@H]2[C@H](C)/C=C/[C@H](C)C(C)C. The highest BCUT2D eigenvalue weighted by Crippen LogP contribution is 2.59. The summed E-state index contributed by atoms with van der Waals surface area (Å²) < 4.78 is 31.5. The molecule has 0 spiro atoms. The van der Waals surface area contributed by atoms with Gasteiger partial charge < -0.3 is 0 Å². The lowest BCUT2D eigenvalue weighted by Crippen LogP contribution is -2.35. The monoisotopic (exact) mass is 550 g/mol. The molecule has 0 amide bonds. The van der Waals surface area contributed by atoms with Crippen LogP contribution in [0.25, 0.3) is 0 Å². The van der Waals surface area contributed by atoms with Crippen molar-refractivity contribution in [3.63, 3.8) is 0 Å². The predicted molar refractivity (Wildman–Crippen MR) is 163 cm³/mol. The zero-order valence-corrected chi connectivity index (χ0v) is 25.9. The summed E-state index contributed by atoms with van der Waals surface area (Å²) in [5.74, 6) is 3.26. The maximum Gasteiger partial charge on any atom is 0.297 e. The number of allylic oxidation sites excluding steroid dienone is 6. The van der Waals surface area contributed by atoms with Gasteiger partial charge in [-0.25, -0.2) is 0 Å². The van der Waals surface area contributed by atoms with Crippen LogP contribution in [0.5, 0.6) is 0 Å². The van der Waals surface area contributed by atoms with Crippen LogP contribution < -0.4 is 0 Å². The van der Waals surface area contributed by atoms with E-state index in [1.807, 2.05) is 19.1 Å². The molecule has 3 fully saturated rings. The van der Waals surface area contributed by atoms with Crippen molar-refractivity contribution >= 4 is 10.1 Å². The van der Waals surface area contributed by atoms with Crippen LogP contribution in [0.15, 0.2) is 76.8 Å². The van der Waals surface area contributed by atoms with Crippen molar-refractivity contribution < 1.29 is 12.6 Å². The quantitative estimate of drug-likeness (QED) is 0.239. The van der Waals surface area contributed by atoms with Crippen molar-refractivity contribution in [3.05, 3.63) is 77.4 Å². The molecule has 1 aromatic rings. The van der Waals surface area contributed by atoms with Crippen LogP contribution in [0.1, 0.15) is 91.5 Å². The Morgan fingerprint density at radius 3 is 2.41 bits per heavy atom. The van der Waals surface area contributed by atoms with Gasteiger partial charge in [0.25, 0.3) is 10.1 Å². The molecule has 0 saturated heterocycles. The smallest absolute Gasteiger partial charge is 0.263 e. The first-order valence-electron chi connectivity index (χ1n) is 15.2. The van der Waals surface area contributed by atoms with Gasteiger partial charge in [0.05, 0.1) is 11.0 Å². The summed E-state index contributed by atoms with van der Waals surface area (Å²) >= 11 is 0. The van der Waals surface area contributed by atoms with E-state index in [0.717, 1.165) is 29.0 Å². The summed E-state index contributed by atoms with van der Waals surface area (Å²) in [5, 5.41) is 0. The van der Waals surface area contributed by atoms with E-state index in [1.54, 1.807) is 17.7 Å². The molecule has 3 nitrogen and oxygen atoms in total. The molecule has 4 heteroatoms. The van der Waals surface area contributed by atoms with Crippen LogP contribution in [0.2, 0.25) is 0 Å². The van der Waals surface area contributed by atoms with E-state index < -0.39 is 10.1 Å². The van der Waals surface area contributed by atoms with Crippen molar-refractivity contribution in [1.82, 2.24) is 0 Å². The van der Waals surface area contributed by atoms with Gasteiger partial charge in [0.15, 0.2) is 0 Å². The summed E-state index contributed by atoms with van der Waals surface area (Å²) in [6, 6.07) is 6.88. The Morgan fingerprint density at radius 1 is 1.00 bits per heavy atom. The molecule has 4 rings (SSSR count). The third-order valence-electron chi connectivity index (χ3n) is 10.2. The number of hydrogen-bond acceptors (Lipinski definition) is 3. The van der Waals surface area contributed by atoms with Gasteiger partial charge in [-0.1, -0.05) is 94.3 Å². The van der Waals surface area contributed by atoms with Gasteiger partial charge in [-0.2, -0.15) is 8.42 Å². The molecule has 0 radical (unpaired) electrons. The molecule has 3 saturated carbocycles. The lowest BCUT2D eigenvalue weighted by Gasteiger charge is -2.44. The number of benzene rings is 1. The van der Waals surface area contributed by atoms with E-state index >= 15 is 0 Å². The third-order valence-corrected chi connectivity index (χ3v) is 11.6. The van der Waals surface area contributed by atoms with Crippen LogP contribution >= 0.6 is 0 Å². The second kappa shape index (κ2) is 12.3. The van der Waals surface area contributed by atoms with Gasteiger partial charge in [0, 0.05) is 6.42 Å². The molecule has 3 aliphatic rings. The first-order chi connectivity index (χ1) is 18.4. The molecule has 39 heavy (non-hydrogen) atoms. The van der Waals surface area contributed by atoms with E-state index in [4.69, 9.17) is 4.18 Å². The number of rotatable bonds is 8. The fraction of sp³-hybridized carbons (Fsp3) is 0.600. The summed E-state index contributed by atoms with van der Waals surface area (Å²) in [4.78, 5) is 0.227. The Bertz CT molecular complexity index is 1220. The lowest BCUT2D eigenvalue weighted by atomic mass is 9.61. The normalized spacial score (nSPS) is 31.8. The van der Waals surface area contributed by atoms with E-state index in [0.29, 0.717) is 41.9 Å². The third kappa shape index (κ3) is 6.88. The Labute approximate surface area is 238 Å². The minimum Gasteiger partial charge on any atom is -0.263 e. The van der Waals surface area contributed by atoms with Gasteiger partial charge in [-0.3, -0.25) is 4.18 Å². The molecular weight excluding hydrogens is 500 g/mol. The molecule has 1 unspecified atom stereocenters.